The number of hydrogen-bond donors (Lipinski definition) is 2. The molecular formula is C7H12N2O3. The van der Waals surface area contributed by atoms with Gasteiger partial charge in [0.1, 0.15) is 0 Å². The van der Waals surface area contributed by atoms with Gasteiger partial charge in [-0.3, -0.25) is 4.79 Å². The monoisotopic (exact) mass is 172 g/mol. The highest BCUT2D eigenvalue weighted by Gasteiger charge is 2.15. The summed E-state index contributed by atoms with van der Waals surface area (Å²) in [5.41, 5.74) is 4.03. The van der Waals surface area contributed by atoms with Crippen LogP contribution in [-0.2, 0) is 4.79 Å². The van der Waals surface area contributed by atoms with Crippen LogP contribution in [0.25, 0.3) is 0 Å². The Morgan fingerprint density at radius 2 is 2.25 bits per heavy atom. The maximum absolute atomic E-state index is 10.7. The van der Waals surface area contributed by atoms with E-state index in [1.807, 2.05) is 0 Å². The maximum Gasteiger partial charge on any atom is 0.402 e. The molecule has 0 atom stereocenters. The van der Waals surface area contributed by atoms with Gasteiger partial charge in [-0.05, 0) is 12.6 Å². The van der Waals surface area contributed by atoms with E-state index in [0.29, 0.717) is 6.42 Å². The summed E-state index contributed by atoms with van der Waals surface area (Å²) >= 11 is 0. The molecule has 0 aliphatic carbocycles. The van der Waals surface area contributed by atoms with Crippen molar-refractivity contribution in [1.82, 2.24) is 4.90 Å². The van der Waals surface area contributed by atoms with Crippen molar-refractivity contribution < 1.29 is 14.7 Å². The average Bonchev–Trinajstić information content (AvgIpc) is 2.33. The lowest BCUT2D eigenvalue weighted by atomic mass is 10.4. The fourth-order valence-electron chi connectivity index (χ4n) is 0.862. The van der Waals surface area contributed by atoms with Crippen molar-refractivity contribution >= 4 is 12.0 Å². The van der Waals surface area contributed by atoms with E-state index in [1.54, 1.807) is 11.1 Å². The largest absolute Gasteiger partial charge is 0.465 e. The van der Waals surface area contributed by atoms with Crippen LogP contribution in [0.4, 0.5) is 4.79 Å². The van der Waals surface area contributed by atoms with E-state index in [9.17, 15) is 4.79 Å². The number of likely N-dealkylation sites (tertiary alicyclic amines) is 1. The molecule has 68 valence electrons. The standard InChI is InChI=1S/C6H9NO.CH3NO2/c1-2-7-5-3-4-6(7)8;2-1(3)4/h2H,1,3-5H2;2H2,(H,3,4). The summed E-state index contributed by atoms with van der Waals surface area (Å²) in [6, 6.07) is 0. The quantitative estimate of drug-likeness (QED) is 0.599. The molecule has 1 rings (SSSR count). The van der Waals surface area contributed by atoms with Gasteiger partial charge in [0, 0.05) is 13.0 Å². The van der Waals surface area contributed by atoms with Gasteiger partial charge in [0.05, 0.1) is 0 Å². The molecule has 2 amide bonds. The van der Waals surface area contributed by atoms with Crippen molar-refractivity contribution in [2.24, 2.45) is 5.73 Å². The molecule has 0 aromatic heterocycles. The summed E-state index contributed by atoms with van der Waals surface area (Å²) < 4.78 is 0. The van der Waals surface area contributed by atoms with Gasteiger partial charge in [0.2, 0.25) is 5.91 Å². The topological polar surface area (TPSA) is 83.6 Å². The molecular weight excluding hydrogens is 160 g/mol. The summed E-state index contributed by atoms with van der Waals surface area (Å²) in [6.07, 6.45) is 1.95. The van der Waals surface area contributed by atoms with Crippen molar-refractivity contribution in [2.45, 2.75) is 12.8 Å². The third-order valence-corrected chi connectivity index (χ3v) is 1.33. The van der Waals surface area contributed by atoms with E-state index < -0.39 is 6.09 Å². The number of primary amides is 1. The van der Waals surface area contributed by atoms with Crippen LogP contribution in [0.1, 0.15) is 12.8 Å². The molecule has 5 heteroatoms. The average molecular weight is 172 g/mol. The Morgan fingerprint density at radius 3 is 2.42 bits per heavy atom. The molecule has 0 spiro atoms. The molecule has 0 radical (unpaired) electrons. The van der Waals surface area contributed by atoms with Crippen LogP contribution in [0.3, 0.4) is 0 Å². The summed E-state index contributed by atoms with van der Waals surface area (Å²) in [6.45, 7) is 4.36. The smallest absolute Gasteiger partial charge is 0.402 e. The molecule has 0 unspecified atom stereocenters. The number of amides is 2. The lowest BCUT2D eigenvalue weighted by Crippen LogP contribution is -2.16. The number of carbonyl (C=O) groups excluding carboxylic acids is 1. The minimum Gasteiger partial charge on any atom is -0.465 e. The summed E-state index contributed by atoms with van der Waals surface area (Å²) in [5.74, 6) is 0.208. The molecule has 1 aliphatic heterocycles. The van der Waals surface area contributed by atoms with Gasteiger partial charge in [-0.2, -0.15) is 0 Å². The number of carbonyl (C=O) groups is 2. The minimum atomic E-state index is -1.33. The molecule has 0 aromatic carbocycles. The predicted molar refractivity (Wildman–Crippen MR) is 43.4 cm³/mol. The molecule has 1 fully saturated rings. The number of rotatable bonds is 1. The second-order valence-electron chi connectivity index (χ2n) is 2.21. The van der Waals surface area contributed by atoms with Crippen molar-refractivity contribution in [1.29, 1.82) is 0 Å². The summed E-state index contributed by atoms with van der Waals surface area (Å²) in [7, 11) is 0. The summed E-state index contributed by atoms with van der Waals surface area (Å²) in [5, 5.41) is 7.19. The second-order valence-corrected chi connectivity index (χ2v) is 2.21. The van der Waals surface area contributed by atoms with Gasteiger partial charge in [0.25, 0.3) is 0 Å². The first-order chi connectivity index (χ1) is 5.57. The highest BCUT2D eigenvalue weighted by molar-refractivity contribution is 5.78. The fourth-order valence-corrected chi connectivity index (χ4v) is 0.862. The molecule has 1 heterocycles. The van der Waals surface area contributed by atoms with Gasteiger partial charge in [-0.15, -0.1) is 0 Å². The number of nitrogens with zero attached hydrogens (tertiary/aromatic N) is 1. The van der Waals surface area contributed by atoms with Gasteiger partial charge in [-0.1, -0.05) is 6.58 Å². The first-order valence-electron chi connectivity index (χ1n) is 3.48. The number of hydrogen-bond acceptors (Lipinski definition) is 2. The van der Waals surface area contributed by atoms with Crippen LogP contribution in [-0.4, -0.2) is 28.6 Å². The number of carboxylic acid groups (broad SMARTS) is 1. The summed E-state index contributed by atoms with van der Waals surface area (Å²) in [4.78, 5) is 21.1. The predicted octanol–water partition coefficient (Wildman–Crippen LogP) is 0.375. The van der Waals surface area contributed by atoms with Gasteiger partial charge in [0.15, 0.2) is 0 Å². The Kier molecular flexibility index (Phi) is 4.52. The van der Waals surface area contributed by atoms with E-state index in [4.69, 9.17) is 9.90 Å². The normalized spacial score (nSPS) is 15.0. The van der Waals surface area contributed by atoms with E-state index in [2.05, 4.69) is 12.3 Å². The molecule has 1 aliphatic rings. The third-order valence-electron chi connectivity index (χ3n) is 1.33. The minimum absolute atomic E-state index is 0.208. The molecule has 0 saturated carbocycles. The molecule has 0 aromatic rings. The number of nitrogens with two attached hydrogens (primary N) is 1. The van der Waals surface area contributed by atoms with Gasteiger partial charge < -0.3 is 15.7 Å². The van der Waals surface area contributed by atoms with Gasteiger partial charge in [-0.25, -0.2) is 4.79 Å². The third kappa shape index (κ3) is 4.32. The highest BCUT2D eigenvalue weighted by atomic mass is 16.4. The van der Waals surface area contributed by atoms with Crippen LogP contribution in [0.5, 0.6) is 0 Å². The SMILES string of the molecule is C=CN1CCCC1=O.NC(=O)O. The van der Waals surface area contributed by atoms with E-state index >= 15 is 0 Å². The Hall–Kier alpha value is -1.52. The lowest BCUT2D eigenvalue weighted by Gasteiger charge is -2.05. The molecule has 3 N–H and O–H groups in total. The van der Waals surface area contributed by atoms with Crippen LogP contribution in [0.15, 0.2) is 12.8 Å². The Balaban J connectivity index is 0.000000261. The van der Waals surface area contributed by atoms with Crippen molar-refractivity contribution in [3.63, 3.8) is 0 Å². The second kappa shape index (κ2) is 5.17. The zero-order valence-electron chi connectivity index (χ0n) is 6.69. The van der Waals surface area contributed by atoms with Crippen molar-refractivity contribution in [2.75, 3.05) is 6.54 Å². The Bertz CT molecular complexity index is 187. The molecule has 12 heavy (non-hydrogen) atoms. The molecule has 5 nitrogen and oxygen atoms in total. The Morgan fingerprint density at radius 1 is 1.75 bits per heavy atom. The van der Waals surface area contributed by atoms with Crippen LogP contribution < -0.4 is 5.73 Å². The zero-order valence-corrected chi connectivity index (χ0v) is 6.69. The van der Waals surface area contributed by atoms with Crippen LogP contribution in [0.2, 0.25) is 0 Å². The van der Waals surface area contributed by atoms with Crippen LogP contribution in [0, 0.1) is 0 Å². The Labute approximate surface area is 70.5 Å². The highest BCUT2D eigenvalue weighted by Crippen LogP contribution is 2.08. The van der Waals surface area contributed by atoms with E-state index in [0.717, 1.165) is 13.0 Å². The van der Waals surface area contributed by atoms with Gasteiger partial charge >= 0.3 is 6.09 Å². The first kappa shape index (κ1) is 10.5. The van der Waals surface area contributed by atoms with Crippen molar-refractivity contribution in [3.8, 4) is 0 Å². The van der Waals surface area contributed by atoms with Crippen LogP contribution >= 0.6 is 0 Å². The zero-order chi connectivity index (χ0) is 9.56. The first-order valence-corrected chi connectivity index (χ1v) is 3.48. The maximum atomic E-state index is 10.7. The van der Waals surface area contributed by atoms with E-state index in [-0.39, 0.29) is 5.91 Å². The molecule has 0 bridgehead atoms. The van der Waals surface area contributed by atoms with Crippen molar-refractivity contribution in [3.05, 3.63) is 12.8 Å². The molecule has 1 saturated heterocycles. The van der Waals surface area contributed by atoms with E-state index in [1.165, 1.54) is 0 Å². The lowest BCUT2D eigenvalue weighted by molar-refractivity contribution is -0.125. The fraction of sp³-hybridized carbons (Fsp3) is 0.429.